The predicted molar refractivity (Wildman–Crippen MR) is 129 cm³/mol. The zero-order valence-electron chi connectivity index (χ0n) is 17.5. The van der Waals surface area contributed by atoms with E-state index in [2.05, 4.69) is 36.9 Å². The average molecular weight is 501 g/mol. The van der Waals surface area contributed by atoms with Crippen molar-refractivity contribution in [2.75, 3.05) is 31.3 Å². The van der Waals surface area contributed by atoms with Crippen LogP contribution in [0.1, 0.15) is 16.7 Å². The SMILES string of the molecule is C=CC(=NC(=NC)c1cc(NCC(Cl)(Cl)Cl)c(F)cc1C)c1ccnc(NC(=O)OC)c1. The molecule has 7 nitrogen and oxygen atoms in total. The smallest absolute Gasteiger partial charge is 0.412 e. The summed E-state index contributed by atoms with van der Waals surface area (Å²) in [6.45, 7) is 5.44. The van der Waals surface area contributed by atoms with Crippen molar-refractivity contribution in [1.29, 1.82) is 0 Å². The number of hydrogen-bond acceptors (Lipinski definition) is 5. The number of benzene rings is 1. The molecule has 0 fully saturated rings. The number of amides is 1. The molecule has 170 valence electrons. The first-order chi connectivity index (χ1) is 15.1. The molecule has 0 saturated carbocycles. The molecular formula is C21H21Cl3FN5O2. The van der Waals surface area contributed by atoms with Gasteiger partial charge in [-0.1, -0.05) is 41.4 Å². The first kappa shape index (κ1) is 25.6. The Morgan fingerprint density at radius 2 is 2.06 bits per heavy atom. The second-order valence-corrected chi connectivity index (χ2v) is 8.93. The summed E-state index contributed by atoms with van der Waals surface area (Å²) < 4.78 is 17.4. The molecule has 0 spiro atoms. The van der Waals surface area contributed by atoms with Crippen LogP contribution in [-0.4, -0.2) is 47.1 Å². The molecule has 0 aliphatic carbocycles. The second kappa shape index (κ2) is 11.3. The molecule has 0 aliphatic rings. The molecule has 2 rings (SSSR count). The highest BCUT2D eigenvalue weighted by molar-refractivity contribution is 6.67. The number of rotatable bonds is 6. The maximum Gasteiger partial charge on any atom is 0.412 e. The van der Waals surface area contributed by atoms with Crippen molar-refractivity contribution in [3.63, 3.8) is 0 Å². The van der Waals surface area contributed by atoms with E-state index < -0.39 is 15.7 Å². The Hall–Kier alpha value is -2.68. The molecule has 11 heteroatoms. The third-order valence-electron chi connectivity index (χ3n) is 4.14. The van der Waals surface area contributed by atoms with Gasteiger partial charge in [-0.3, -0.25) is 10.3 Å². The van der Waals surface area contributed by atoms with Crippen molar-refractivity contribution in [2.24, 2.45) is 9.98 Å². The number of halogens is 4. The van der Waals surface area contributed by atoms with Crippen molar-refractivity contribution in [2.45, 2.75) is 10.7 Å². The van der Waals surface area contributed by atoms with Crippen LogP contribution in [0.25, 0.3) is 0 Å². The van der Waals surface area contributed by atoms with Gasteiger partial charge in [0.1, 0.15) is 11.6 Å². The lowest BCUT2D eigenvalue weighted by Crippen LogP contribution is -2.19. The Balaban J connectivity index is 2.44. The number of aryl methyl sites for hydroxylation is 1. The van der Waals surface area contributed by atoms with Crippen molar-refractivity contribution in [3.05, 3.63) is 65.6 Å². The minimum absolute atomic E-state index is 0.0934. The summed E-state index contributed by atoms with van der Waals surface area (Å²) in [5.41, 5.74) is 2.40. The van der Waals surface area contributed by atoms with Crippen LogP contribution < -0.4 is 10.6 Å². The molecular weight excluding hydrogens is 480 g/mol. The molecule has 1 aromatic heterocycles. The summed E-state index contributed by atoms with van der Waals surface area (Å²) in [5, 5.41) is 5.26. The Kier molecular flexibility index (Phi) is 9.00. The van der Waals surface area contributed by atoms with E-state index in [0.29, 0.717) is 28.2 Å². The van der Waals surface area contributed by atoms with Gasteiger partial charge in [0.05, 0.1) is 25.1 Å². The number of nitrogens with one attached hydrogen (secondary N) is 2. The lowest BCUT2D eigenvalue weighted by molar-refractivity contribution is 0.187. The fourth-order valence-electron chi connectivity index (χ4n) is 2.63. The predicted octanol–water partition coefficient (Wildman–Crippen LogP) is 5.54. The number of aromatic nitrogens is 1. The summed E-state index contributed by atoms with van der Waals surface area (Å²) in [4.78, 5) is 24.3. The van der Waals surface area contributed by atoms with Gasteiger partial charge in [0.2, 0.25) is 3.79 Å². The van der Waals surface area contributed by atoms with E-state index in [0.717, 1.165) is 0 Å². The minimum Gasteiger partial charge on any atom is -0.453 e. The van der Waals surface area contributed by atoms with Gasteiger partial charge in [-0.2, -0.15) is 0 Å². The molecule has 2 N–H and O–H groups in total. The molecule has 0 unspecified atom stereocenters. The van der Waals surface area contributed by atoms with Gasteiger partial charge in [-0.25, -0.2) is 19.2 Å². The molecule has 0 aliphatic heterocycles. The van der Waals surface area contributed by atoms with Crippen LogP contribution in [0.5, 0.6) is 0 Å². The van der Waals surface area contributed by atoms with Gasteiger partial charge in [-0.15, -0.1) is 0 Å². The van der Waals surface area contributed by atoms with E-state index in [1.807, 2.05) is 0 Å². The highest BCUT2D eigenvalue weighted by Crippen LogP contribution is 2.28. The fraction of sp³-hybridized carbons (Fsp3) is 0.238. The number of methoxy groups -OCH3 is 1. The normalized spacial score (nSPS) is 12.3. The standard InChI is InChI=1S/C21H21Cl3FN5O2/c1-5-16(13-6-7-27-18(9-13)30-20(31)32-4)29-19(26-3)14-10-17(15(25)8-12(14)2)28-11-21(22,23)24/h5-10,28H,1,11H2,2-4H3,(H,27,30,31). The van der Waals surface area contributed by atoms with Gasteiger partial charge in [0.25, 0.3) is 0 Å². The Labute approximate surface area is 200 Å². The molecule has 32 heavy (non-hydrogen) atoms. The number of pyridine rings is 1. The minimum atomic E-state index is -1.59. The van der Waals surface area contributed by atoms with Crippen molar-refractivity contribution in [1.82, 2.24) is 4.98 Å². The molecule has 1 heterocycles. The first-order valence-corrected chi connectivity index (χ1v) is 10.3. The van der Waals surface area contributed by atoms with Crippen LogP contribution in [0.2, 0.25) is 0 Å². The van der Waals surface area contributed by atoms with Gasteiger partial charge in [0.15, 0.2) is 5.84 Å². The van der Waals surface area contributed by atoms with Crippen LogP contribution in [0.4, 0.5) is 20.7 Å². The van der Waals surface area contributed by atoms with Gasteiger partial charge >= 0.3 is 6.09 Å². The van der Waals surface area contributed by atoms with Crippen molar-refractivity contribution in [3.8, 4) is 0 Å². The Morgan fingerprint density at radius 1 is 1.34 bits per heavy atom. The van der Waals surface area contributed by atoms with E-state index in [1.54, 1.807) is 32.2 Å². The first-order valence-electron chi connectivity index (χ1n) is 9.18. The highest BCUT2D eigenvalue weighted by atomic mass is 35.6. The van der Waals surface area contributed by atoms with Crippen molar-refractivity contribution < 1.29 is 13.9 Å². The zero-order chi connectivity index (χ0) is 23.9. The summed E-state index contributed by atoms with van der Waals surface area (Å²) >= 11 is 17.3. The lowest BCUT2D eigenvalue weighted by atomic mass is 10.1. The largest absolute Gasteiger partial charge is 0.453 e. The zero-order valence-corrected chi connectivity index (χ0v) is 19.8. The molecule has 1 aromatic carbocycles. The third-order valence-corrected chi connectivity index (χ3v) is 4.54. The maximum atomic E-state index is 14.4. The Morgan fingerprint density at radius 3 is 2.66 bits per heavy atom. The summed E-state index contributed by atoms with van der Waals surface area (Å²) in [5.74, 6) is 0.0974. The summed E-state index contributed by atoms with van der Waals surface area (Å²) in [6, 6.07) is 6.19. The van der Waals surface area contributed by atoms with Crippen LogP contribution >= 0.6 is 34.8 Å². The molecule has 0 atom stereocenters. The van der Waals surface area contributed by atoms with Gasteiger partial charge in [0, 0.05) is 24.4 Å². The van der Waals surface area contributed by atoms with Gasteiger partial charge in [-0.05, 0) is 42.8 Å². The number of carbonyl (C=O) groups excluding carboxylic acids is 1. The van der Waals surface area contributed by atoms with E-state index in [9.17, 15) is 9.18 Å². The molecule has 0 saturated heterocycles. The quantitative estimate of drug-likeness (QED) is 0.310. The van der Waals surface area contributed by atoms with Crippen LogP contribution in [-0.2, 0) is 4.74 Å². The fourth-order valence-corrected chi connectivity index (χ4v) is 2.83. The lowest BCUT2D eigenvalue weighted by Gasteiger charge is -2.16. The van der Waals surface area contributed by atoms with E-state index >= 15 is 0 Å². The number of ether oxygens (including phenoxy) is 1. The number of aliphatic imine (C=N–C) groups is 2. The molecule has 0 radical (unpaired) electrons. The molecule has 2 aromatic rings. The highest BCUT2D eigenvalue weighted by Gasteiger charge is 2.20. The number of carbonyl (C=O) groups is 1. The number of nitrogens with zero attached hydrogens (tertiary/aromatic N) is 3. The molecule has 1 amide bonds. The number of amidine groups is 1. The number of anilines is 2. The average Bonchev–Trinajstić information content (AvgIpc) is 2.74. The number of alkyl halides is 3. The van der Waals surface area contributed by atoms with E-state index in [-0.39, 0.29) is 18.1 Å². The second-order valence-electron chi connectivity index (χ2n) is 6.41. The van der Waals surface area contributed by atoms with Crippen LogP contribution in [0.3, 0.4) is 0 Å². The number of allylic oxidation sites excluding steroid dienone is 1. The van der Waals surface area contributed by atoms with Crippen molar-refractivity contribution >= 4 is 63.9 Å². The Bertz CT molecular complexity index is 1070. The third kappa shape index (κ3) is 7.19. The monoisotopic (exact) mass is 499 g/mol. The van der Waals surface area contributed by atoms with Crippen LogP contribution in [0, 0.1) is 12.7 Å². The van der Waals surface area contributed by atoms with E-state index in [4.69, 9.17) is 34.8 Å². The topological polar surface area (TPSA) is 88.0 Å². The summed E-state index contributed by atoms with van der Waals surface area (Å²) in [7, 11) is 2.81. The maximum absolute atomic E-state index is 14.4. The molecule has 0 bridgehead atoms. The van der Waals surface area contributed by atoms with Crippen LogP contribution in [0.15, 0.2) is 53.1 Å². The van der Waals surface area contributed by atoms with E-state index in [1.165, 1.54) is 25.4 Å². The summed E-state index contributed by atoms with van der Waals surface area (Å²) in [6.07, 6.45) is 2.38. The number of hydrogen-bond donors (Lipinski definition) is 2. The van der Waals surface area contributed by atoms with Gasteiger partial charge < -0.3 is 10.1 Å².